The summed E-state index contributed by atoms with van der Waals surface area (Å²) in [7, 11) is 0. The van der Waals surface area contributed by atoms with Crippen molar-refractivity contribution in [3.05, 3.63) is 24.5 Å². The van der Waals surface area contributed by atoms with Gasteiger partial charge in [-0.3, -0.25) is 0 Å². The lowest BCUT2D eigenvalue weighted by Crippen LogP contribution is -2.20. The fourth-order valence-corrected chi connectivity index (χ4v) is 1.60. The minimum Gasteiger partial charge on any atom is -0.397 e. The van der Waals surface area contributed by atoms with Crippen molar-refractivity contribution < 1.29 is 0 Å². The number of nitrogens with zero attached hydrogens (tertiary/aromatic N) is 2. The Balaban J connectivity index is 2.80. The molecule has 0 unspecified atom stereocenters. The molecule has 2 heterocycles. The summed E-state index contributed by atoms with van der Waals surface area (Å²) in [6.45, 7) is 6.42. The van der Waals surface area contributed by atoms with E-state index in [9.17, 15) is 0 Å². The molecule has 74 valence electrons. The highest BCUT2D eigenvalue weighted by atomic mass is 15.1. The standard InChI is InChI=1S/C11H15N3/c1-11(2,3)14-7-9(12)8-5-4-6-13-10(8)14/h4-7H,12H2,1-3H3. The number of rotatable bonds is 0. The van der Waals surface area contributed by atoms with Gasteiger partial charge in [0.05, 0.1) is 5.69 Å². The second-order valence-corrected chi connectivity index (χ2v) is 4.50. The first kappa shape index (κ1) is 9.06. The predicted molar refractivity (Wildman–Crippen MR) is 59.1 cm³/mol. The van der Waals surface area contributed by atoms with Crippen LogP contribution in [0.3, 0.4) is 0 Å². The number of nitrogens with two attached hydrogens (primary N) is 1. The van der Waals surface area contributed by atoms with Crippen LogP contribution in [0, 0.1) is 0 Å². The largest absolute Gasteiger partial charge is 0.397 e. The van der Waals surface area contributed by atoms with Crippen LogP contribution in [0.15, 0.2) is 24.5 Å². The second kappa shape index (κ2) is 2.74. The molecule has 0 fully saturated rings. The molecule has 3 nitrogen and oxygen atoms in total. The van der Waals surface area contributed by atoms with Crippen molar-refractivity contribution in [2.24, 2.45) is 0 Å². The summed E-state index contributed by atoms with van der Waals surface area (Å²) in [5.41, 5.74) is 7.68. The van der Waals surface area contributed by atoms with E-state index < -0.39 is 0 Å². The summed E-state index contributed by atoms with van der Waals surface area (Å²) in [5, 5.41) is 1.03. The smallest absolute Gasteiger partial charge is 0.142 e. The Bertz CT molecular complexity index is 463. The maximum Gasteiger partial charge on any atom is 0.142 e. The van der Waals surface area contributed by atoms with E-state index in [-0.39, 0.29) is 5.54 Å². The molecule has 0 amide bonds. The molecule has 2 rings (SSSR count). The number of hydrogen-bond donors (Lipinski definition) is 1. The SMILES string of the molecule is CC(C)(C)n1cc(N)c2cccnc21. The lowest BCUT2D eigenvalue weighted by molar-refractivity contribution is 0.409. The normalized spacial score (nSPS) is 12.2. The summed E-state index contributed by atoms with van der Waals surface area (Å²) in [5.74, 6) is 0. The summed E-state index contributed by atoms with van der Waals surface area (Å²) >= 11 is 0. The van der Waals surface area contributed by atoms with Gasteiger partial charge in [0.2, 0.25) is 0 Å². The molecular formula is C11H15N3. The zero-order chi connectivity index (χ0) is 10.3. The molecule has 0 aromatic carbocycles. The summed E-state index contributed by atoms with van der Waals surface area (Å²) in [6, 6.07) is 3.91. The Labute approximate surface area is 83.6 Å². The maximum atomic E-state index is 5.91. The molecule has 3 heteroatoms. The van der Waals surface area contributed by atoms with Crippen molar-refractivity contribution >= 4 is 16.7 Å². The van der Waals surface area contributed by atoms with Crippen LogP contribution >= 0.6 is 0 Å². The van der Waals surface area contributed by atoms with Gasteiger partial charge in [-0.1, -0.05) is 0 Å². The van der Waals surface area contributed by atoms with Crippen LogP contribution in [0.1, 0.15) is 20.8 Å². The van der Waals surface area contributed by atoms with Crippen LogP contribution in [-0.4, -0.2) is 9.55 Å². The van der Waals surface area contributed by atoms with E-state index >= 15 is 0 Å². The Hall–Kier alpha value is -1.51. The minimum atomic E-state index is 0.0181. The van der Waals surface area contributed by atoms with Crippen LogP contribution in [0.25, 0.3) is 11.0 Å². The lowest BCUT2D eigenvalue weighted by Gasteiger charge is -2.21. The Morgan fingerprint density at radius 2 is 2.07 bits per heavy atom. The van der Waals surface area contributed by atoms with Gasteiger partial charge in [-0.05, 0) is 32.9 Å². The van der Waals surface area contributed by atoms with Gasteiger partial charge in [-0.15, -0.1) is 0 Å². The van der Waals surface area contributed by atoms with Crippen molar-refractivity contribution in [2.75, 3.05) is 5.73 Å². The second-order valence-electron chi connectivity index (χ2n) is 4.50. The van der Waals surface area contributed by atoms with Crippen LogP contribution in [0.4, 0.5) is 5.69 Å². The third kappa shape index (κ3) is 1.25. The molecule has 0 spiro atoms. The number of hydrogen-bond acceptors (Lipinski definition) is 2. The number of pyridine rings is 1. The van der Waals surface area contributed by atoms with Crippen LogP contribution in [-0.2, 0) is 5.54 Å². The Morgan fingerprint density at radius 1 is 1.36 bits per heavy atom. The van der Waals surface area contributed by atoms with Gasteiger partial charge in [-0.2, -0.15) is 0 Å². The van der Waals surface area contributed by atoms with Gasteiger partial charge < -0.3 is 10.3 Å². The molecule has 0 aliphatic heterocycles. The zero-order valence-electron chi connectivity index (χ0n) is 8.78. The fourth-order valence-electron chi connectivity index (χ4n) is 1.60. The van der Waals surface area contributed by atoms with Gasteiger partial charge in [0, 0.05) is 23.3 Å². The molecule has 0 bridgehead atoms. The van der Waals surface area contributed by atoms with Crippen molar-refractivity contribution in [3.63, 3.8) is 0 Å². The van der Waals surface area contributed by atoms with Crippen LogP contribution in [0.2, 0.25) is 0 Å². The third-order valence-corrected chi connectivity index (χ3v) is 2.32. The molecule has 2 N–H and O–H groups in total. The first-order chi connectivity index (χ1) is 6.50. The van der Waals surface area contributed by atoms with Gasteiger partial charge in [0.25, 0.3) is 0 Å². The van der Waals surface area contributed by atoms with Crippen molar-refractivity contribution in [2.45, 2.75) is 26.3 Å². The number of anilines is 1. The number of fused-ring (bicyclic) bond motifs is 1. The summed E-state index contributed by atoms with van der Waals surface area (Å²) in [4.78, 5) is 4.35. The molecule has 0 radical (unpaired) electrons. The molecule has 2 aromatic heterocycles. The van der Waals surface area contributed by atoms with E-state index in [4.69, 9.17) is 5.73 Å². The minimum absolute atomic E-state index is 0.0181. The lowest BCUT2D eigenvalue weighted by atomic mass is 10.1. The molecule has 14 heavy (non-hydrogen) atoms. The van der Waals surface area contributed by atoms with E-state index in [0.717, 1.165) is 16.7 Å². The number of nitrogen functional groups attached to an aromatic ring is 1. The fraction of sp³-hybridized carbons (Fsp3) is 0.364. The molecule has 2 aromatic rings. The molecule has 0 aliphatic rings. The van der Waals surface area contributed by atoms with Crippen molar-refractivity contribution in [3.8, 4) is 0 Å². The molecule has 0 saturated heterocycles. The zero-order valence-corrected chi connectivity index (χ0v) is 8.78. The third-order valence-electron chi connectivity index (χ3n) is 2.32. The Kier molecular flexibility index (Phi) is 1.77. The molecule has 0 saturated carbocycles. The van der Waals surface area contributed by atoms with Gasteiger partial charge >= 0.3 is 0 Å². The highest BCUT2D eigenvalue weighted by Crippen LogP contribution is 2.26. The maximum absolute atomic E-state index is 5.91. The van der Waals surface area contributed by atoms with Crippen molar-refractivity contribution in [1.82, 2.24) is 9.55 Å². The predicted octanol–water partition coefficient (Wildman–Crippen LogP) is 2.37. The topological polar surface area (TPSA) is 43.8 Å². The van der Waals surface area contributed by atoms with Crippen LogP contribution < -0.4 is 5.73 Å². The summed E-state index contributed by atoms with van der Waals surface area (Å²) in [6.07, 6.45) is 3.75. The van der Waals surface area contributed by atoms with Crippen LogP contribution in [0.5, 0.6) is 0 Å². The van der Waals surface area contributed by atoms with E-state index in [1.54, 1.807) is 6.20 Å². The molecule has 0 aliphatic carbocycles. The first-order valence-electron chi connectivity index (χ1n) is 4.72. The quantitative estimate of drug-likeness (QED) is 0.691. The molecular weight excluding hydrogens is 174 g/mol. The van der Waals surface area contributed by atoms with Crippen molar-refractivity contribution in [1.29, 1.82) is 0 Å². The average Bonchev–Trinajstić information content (AvgIpc) is 2.44. The highest BCUT2D eigenvalue weighted by molar-refractivity contribution is 5.89. The van der Waals surface area contributed by atoms with Gasteiger partial charge in [0.15, 0.2) is 0 Å². The van der Waals surface area contributed by atoms with E-state index in [1.807, 2.05) is 18.3 Å². The van der Waals surface area contributed by atoms with Gasteiger partial charge in [0.1, 0.15) is 5.65 Å². The average molecular weight is 189 g/mol. The molecule has 0 atom stereocenters. The monoisotopic (exact) mass is 189 g/mol. The summed E-state index contributed by atoms with van der Waals surface area (Å²) < 4.78 is 2.11. The first-order valence-corrected chi connectivity index (χ1v) is 4.72. The van der Waals surface area contributed by atoms with E-state index in [2.05, 4.69) is 30.3 Å². The highest BCUT2D eigenvalue weighted by Gasteiger charge is 2.17. The van der Waals surface area contributed by atoms with Gasteiger partial charge in [-0.25, -0.2) is 4.98 Å². The Morgan fingerprint density at radius 3 is 2.71 bits per heavy atom. The van der Waals surface area contributed by atoms with E-state index in [0.29, 0.717) is 0 Å². The number of aromatic nitrogens is 2. The van der Waals surface area contributed by atoms with E-state index in [1.165, 1.54) is 0 Å².